The Balaban J connectivity index is 1.44. The van der Waals surface area contributed by atoms with Crippen molar-refractivity contribution >= 4 is 55.7 Å². The first-order chi connectivity index (χ1) is 15.3. The van der Waals surface area contributed by atoms with Gasteiger partial charge in [0.05, 0.1) is 33.0 Å². The van der Waals surface area contributed by atoms with Crippen molar-refractivity contribution in [1.82, 2.24) is 10.3 Å². The van der Waals surface area contributed by atoms with Gasteiger partial charge in [-0.1, -0.05) is 35.3 Å². The fraction of sp³-hybridized carbons (Fsp3) is 0.348. The zero-order valence-corrected chi connectivity index (χ0v) is 19.7. The molecule has 168 valence electrons. The highest BCUT2D eigenvalue weighted by Crippen LogP contribution is 2.37. The first-order valence-electron chi connectivity index (χ1n) is 10.7. The number of H-pyrrole nitrogens is 1. The number of sulfonamides is 1. The lowest BCUT2D eigenvalue weighted by Gasteiger charge is -2.29. The molecule has 1 atom stereocenters. The SMILES string of the molecule is O=C(N[C@H]1CCCc2c1[nH]c1c(Cl)cccc21)c1ccc(Cl)c(N2CCCCS2(=O)=O)c1. The fourth-order valence-electron chi connectivity index (χ4n) is 4.74. The summed E-state index contributed by atoms with van der Waals surface area (Å²) in [5.41, 5.74) is 3.81. The molecule has 1 saturated heterocycles. The van der Waals surface area contributed by atoms with Gasteiger partial charge >= 0.3 is 0 Å². The van der Waals surface area contributed by atoms with Crippen LogP contribution in [0.3, 0.4) is 0 Å². The number of carbonyl (C=O) groups is 1. The van der Waals surface area contributed by atoms with Crippen LogP contribution in [0.15, 0.2) is 36.4 Å². The van der Waals surface area contributed by atoms with E-state index in [4.69, 9.17) is 23.2 Å². The average Bonchev–Trinajstić information content (AvgIpc) is 3.15. The number of anilines is 1. The van der Waals surface area contributed by atoms with Crippen LogP contribution < -0.4 is 9.62 Å². The van der Waals surface area contributed by atoms with Crippen LogP contribution in [0, 0.1) is 0 Å². The third kappa shape index (κ3) is 3.76. The van der Waals surface area contributed by atoms with E-state index < -0.39 is 10.0 Å². The van der Waals surface area contributed by atoms with E-state index in [1.54, 1.807) is 18.2 Å². The van der Waals surface area contributed by atoms with Gasteiger partial charge in [-0.25, -0.2) is 8.42 Å². The molecule has 2 N–H and O–H groups in total. The Morgan fingerprint density at radius 1 is 1.09 bits per heavy atom. The fourth-order valence-corrected chi connectivity index (χ4v) is 6.88. The summed E-state index contributed by atoms with van der Waals surface area (Å²) in [7, 11) is -3.43. The number of amides is 1. The Labute approximate surface area is 196 Å². The van der Waals surface area contributed by atoms with Crippen molar-refractivity contribution in [3.05, 3.63) is 63.3 Å². The third-order valence-corrected chi connectivity index (χ3v) is 8.81. The molecule has 2 aliphatic rings. The van der Waals surface area contributed by atoms with Gasteiger partial charge in [0.1, 0.15) is 0 Å². The maximum absolute atomic E-state index is 13.2. The number of nitrogens with one attached hydrogen (secondary N) is 2. The predicted octanol–water partition coefficient (Wildman–Crippen LogP) is 5.21. The molecule has 0 unspecified atom stereocenters. The summed E-state index contributed by atoms with van der Waals surface area (Å²) in [4.78, 5) is 16.6. The monoisotopic (exact) mass is 491 g/mol. The molecular formula is C23H23Cl2N3O3S. The molecule has 3 aromatic rings. The molecule has 1 aliphatic carbocycles. The van der Waals surface area contributed by atoms with Crippen molar-refractivity contribution in [3.63, 3.8) is 0 Å². The van der Waals surface area contributed by atoms with Crippen molar-refractivity contribution < 1.29 is 13.2 Å². The second kappa shape index (κ2) is 8.28. The molecule has 2 heterocycles. The van der Waals surface area contributed by atoms with Gasteiger partial charge in [-0.2, -0.15) is 0 Å². The van der Waals surface area contributed by atoms with Gasteiger partial charge in [0, 0.05) is 23.2 Å². The van der Waals surface area contributed by atoms with E-state index in [0.717, 1.165) is 42.3 Å². The summed E-state index contributed by atoms with van der Waals surface area (Å²) in [6.45, 7) is 0.370. The van der Waals surface area contributed by atoms with Crippen LogP contribution in [0.1, 0.15) is 53.3 Å². The van der Waals surface area contributed by atoms with Crippen molar-refractivity contribution in [1.29, 1.82) is 0 Å². The van der Waals surface area contributed by atoms with E-state index in [1.807, 2.05) is 18.2 Å². The maximum Gasteiger partial charge on any atom is 0.251 e. The largest absolute Gasteiger partial charge is 0.355 e. The summed E-state index contributed by atoms with van der Waals surface area (Å²) in [6, 6.07) is 10.5. The standard InChI is InChI=1S/C23H23Cl2N3O3S/c24-17-10-9-14(13-20(17)28-11-1-2-12-32(28,30)31)23(29)26-19-8-4-6-16-15-5-3-7-18(25)21(15)27-22(16)19/h3,5,7,9-10,13,19,27H,1-2,4,6,8,11-12H2,(H,26,29)/t19-/m0/s1. The predicted molar refractivity (Wildman–Crippen MR) is 128 cm³/mol. The number of rotatable bonds is 3. The number of nitrogens with zero attached hydrogens (tertiary/aromatic N) is 1. The van der Waals surface area contributed by atoms with Crippen LogP contribution in [0.2, 0.25) is 10.0 Å². The zero-order valence-electron chi connectivity index (χ0n) is 17.3. The number of para-hydroxylation sites is 1. The van der Waals surface area contributed by atoms with E-state index in [-0.39, 0.29) is 17.7 Å². The topological polar surface area (TPSA) is 82.3 Å². The molecule has 2 aromatic carbocycles. The summed E-state index contributed by atoms with van der Waals surface area (Å²) >= 11 is 12.7. The quantitative estimate of drug-likeness (QED) is 0.527. The van der Waals surface area contributed by atoms with E-state index in [0.29, 0.717) is 34.3 Å². The minimum absolute atomic E-state index is 0.0908. The van der Waals surface area contributed by atoms with Gasteiger partial charge in [0.2, 0.25) is 10.0 Å². The summed E-state index contributed by atoms with van der Waals surface area (Å²) in [5.74, 6) is -0.173. The molecule has 0 radical (unpaired) electrons. The summed E-state index contributed by atoms with van der Waals surface area (Å²) in [5, 5.41) is 5.19. The molecule has 32 heavy (non-hydrogen) atoms. The van der Waals surface area contributed by atoms with E-state index >= 15 is 0 Å². The average molecular weight is 492 g/mol. The van der Waals surface area contributed by atoms with Crippen LogP contribution >= 0.6 is 23.2 Å². The first-order valence-corrected chi connectivity index (χ1v) is 13.1. The van der Waals surface area contributed by atoms with Crippen LogP contribution in [-0.2, 0) is 16.4 Å². The molecule has 1 amide bonds. The molecule has 0 saturated carbocycles. The highest BCUT2D eigenvalue weighted by molar-refractivity contribution is 7.92. The van der Waals surface area contributed by atoms with Gasteiger partial charge in [0.25, 0.3) is 5.91 Å². The Bertz CT molecular complexity index is 1320. The molecule has 1 fully saturated rings. The van der Waals surface area contributed by atoms with Gasteiger partial charge in [-0.3, -0.25) is 9.10 Å². The van der Waals surface area contributed by atoms with E-state index in [9.17, 15) is 13.2 Å². The van der Waals surface area contributed by atoms with Crippen molar-refractivity contribution in [2.24, 2.45) is 0 Å². The molecule has 5 rings (SSSR count). The summed E-state index contributed by atoms with van der Waals surface area (Å²) < 4.78 is 26.4. The normalized spacial score (nSPS) is 20.2. The number of benzene rings is 2. The van der Waals surface area contributed by atoms with Gasteiger partial charge in [0.15, 0.2) is 0 Å². The Hall–Kier alpha value is -2.22. The Morgan fingerprint density at radius 3 is 2.75 bits per heavy atom. The van der Waals surface area contributed by atoms with Crippen LogP contribution in [-0.4, -0.2) is 31.6 Å². The van der Waals surface area contributed by atoms with E-state index in [2.05, 4.69) is 10.3 Å². The molecular weight excluding hydrogens is 469 g/mol. The molecule has 1 aliphatic heterocycles. The number of hydrogen-bond acceptors (Lipinski definition) is 3. The highest BCUT2D eigenvalue weighted by atomic mass is 35.5. The lowest BCUT2D eigenvalue weighted by atomic mass is 9.91. The number of fused-ring (bicyclic) bond motifs is 3. The molecule has 1 aromatic heterocycles. The molecule has 6 nitrogen and oxygen atoms in total. The zero-order chi connectivity index (χ0) is 22.5. The lowest BCUT2D eigenvalue weighted by Crippen LogP contribution is -2.38. The number of aromatic nitrogens is 1. The second-order valence-corrected chi connectivity index (χ2v) is 11.2. The first kappa shape index (κ1) is 21.6. The van der Waals surface area contributed by atoms with Crippen LogP contribution in [0.4, 0.5) is 5.69 Å². The van der Waals surface area contributed by atoms with Crippen molar-refractivity contribution in [2.75, 3.05) is 16.6 Å². The molecule has 9 heteroatoms. The summed E-state index contributed by atoms with van der Waals surface area (Å²) in [6.07, 6.45) is 4.09. The van der Waals surface area contributed by atoms with Crippen molar-refractivity contribution in [3.8, 4) is 0 Å². The minimum Gasteiger partial charge on any atom is -0.355 e. The number of hydrogen-bond donors (Lipinski definition) is 2. The number of carbonyl (C=O) groups excluding carboxylic acids is 1. The lowest BCUT2D eigenvalue weighted by molar-refractivity contribution is 0.0932. The number of aryl methyl sites for hydroxylation is 1. The molecule has 0 spiro atoms. The third-order valence-electron chi connectivity index (χ3n) is 6.32. The van der Waals surface area contributed by atoms with Gasteiger partial charge < -0.3 is 10.3 Å². The van der Waals surface area contributed by atoms with Crippen LogP contribution in [0.5, 0.6) is 0 Å². The molecule has 0 bridgehead atoms. The Kier molecular flexibility index (Phi) is 5.60. The smallest absolute Gasteiger partial charge is 0.251 e. The minimum atomic E-state index is -3.43. The second-order valence-electron chi connectivity index (χ2n) is 8.36. The number of halogens is 2. The highest BCUT2D eigenvalue weighted by Gasteiger charge is 2.30. The Morgan fingerprint density at radius 2 is 1.94 bits per heavy atom. The van der Waals surface area contributed by atoms with Crippen molar-refractivity contribution in [2.45, 2.75) is 38.1 Å². The van der Waals surface area contributed by atoms with Gasteiger partial charge in [-0.15, -0.1) is 0 Å². The van der Waals surface area contributed by atoms with Gasteiger partial charge in [-0.05, 0) is 61.9 Å². The maximum atomic E-state index is 13.2. The van der Waals surface area contributed by atoms with E-state index in [1.165, 1.54) is 9.87 Å². The number of aromatic amines is 1. The van der Waals surface area contributed by atoms with Crippen LogP contribution in [0.25, 0.3) is 10.9 Å².